The molecule has 5 nitrogen and oxygen atoms in total. The minimum atomic E-state index is -4.36. The van der Waals surface area contributed by atoms with E-state index in [1.165, 1.54) is 0 Å². The molecular formula is C13H14Cl2F3N3O2. The summed E-state index contributed by atoms with van der Waals surface area (Å²) in [7, 11) is 0. The van der Waals surface area contributed by atoms with Gasteiger partial charge in [-0.3, -0.25) is 9.59 Å². The highest BCUT2D eigenvalue weighted by atomic mass is 35.5. The molecule has 0 spiro atoms. The summed E-state index contributed by atoms with van der Waals surface area (Å²) in [6.45, 7) is -0.517. The average Bonchev–Trinajstić information content (AvgIpc) is 2.47. The van der Waals surface area contributed by atoms with Crippen LogP contribution in [0.1, 0.15) is 25.7 Å². The van der Waals surface area contributed by atoms with Gasteiger partial charge in [0.1, 0.15) is 11.6 Å². The molecule has 0 bridgehead atoms. The third-order valence-electron chi connectivity index (χ3n) is 3.77. The maximum Gasteiger partial charge on any atom is 0.393 e. The lowest BCUT2D eigenvalue weighted by molar-refractivity contribution is -0.189. The fraction of sp³-hybridized carbons (Fsp3) is 0.615. The lowest BCUT2D eigenvalue weighted by Gasteiger charge is -2.33. The van der Waals surface area contributed by atoms with Gasteiger partial charge in [0.25, 0.3) is 5.56 Å². The summed E-state index contributed by atoms with van der Waals surface area (Å²) < 4.78 is 39.7. The number of nitrogens with zero attached hydrogens (tertiary/aromatic N) is 2. The van der Waals surface area contributed by atoms with Gasteiger partial charge in [0, 0.05) is 6.04 Å². The van der Waals surface area contributed by atoms with Gasteiger partial charge in [0.05, 0.1) is 17.1 Å². The highest BCUT2D eigenvalue weighted by molar-refractivity contribution is 6.41. The van der Waals surface area contributed by atoms with Crippen molar-refractivity contribution in [1.29, 1.82) is 0 Å². The number of alkyl halides is 3. The van der Waals surface area contributed by atoms with Gasteiger partial charge in [-0.25, -0.2) is 4.68 Å². The fourth-order valence-electron chi connectivity index (χ4n) is 2.64. The highest BCUT2D eigenvalue weighted by Crippen LogP contribution is 2.37. The van der Waals surface area contributed by atoms with Gasteiger partial charge < -0.3 is 5.32 Å². The Bertz CT molecular complexity index is 648. The molecule has 1 N–H and O–H groups in total. The number of amides is 1. The van der Waals surface area contributed by atoms with Crippen LogP contribution in [-0.4, -0.2) is 27.9 Å². The Hall–Kier alpha value is -1.28. The van der Waals surface area contributed by atoms with E-state index in [4.69, 9.17) is 23.2 Å². The number of hydrogen-bond donors (Lipinski definition) is 1. The van der Waals surface area contributed by atoms with Gasteiger partial charge in [-0.2, -0.15) is 18.3 Å². The molecule has 1 fully saturated rings. The summed E-state index contributed by atoms with van der Waals surface area (Å²) in [6.07, 6.45) is -1.94. The second kappa shape index (κ2) is 7.09. The first-order chi connectivity index (χ1) is 10.7. The van der Waals surface area contributed by atoms with Crippen LogP contribution < -0.4 is 10.9 Å². The first-order valence-electron chi connectivity index (χ1n) is 6.97. The van der Waals surface area contributed by atoms with Crippen molar-refractivity contribution in [2.45, 2.75) is 44.4 Å². The van der Waals surface area contributed by atoms with E-state index < -0.39 is 36.1 Å². The van der Waals surface area contributed by atoms with Gasteiger partial charge in [0.2, 0.25) is 5.91 Å². The van der Waals surface area contributed by atoms with E-state index in [9.17, 15) is 22.8 Å². The lowest BCUT2D eigenvalue weighted by Crippen LogP contribution is -2.49. The van der Waals surface area contributed by atoms with Crippen molar-refractivity contribution in [3.8, 4) is 0 Å². The molecule has 0 radical (unpaired) electrons. The van der Waals surface area contributed by atoms with Gasteiger partial charge in [-0.1, -0.05) is 36.0 Å². The second-order valence-electron chi connectivity index (χ2n) is 5.38. The zero-order valence-electron chi connectivity index (χ0n) is 11.9. The van der Waals surface area contributed by atoms with Crippen molar-refractivity contribution in [2.75, 3.05) is 0 Å². The molecule has 2 atom stereocenters. The standard InChI is InChI=1S/C13H14Cl2F3N3O2/c14-8-5-19-21(12(23)11(8)15)6-10(22)20-9-4-2-1-3-7(9)13(16,17)18/h5,7,9H,1-4,6H2,(H,20,22)/t7-,9-/m0/s1. The molecular weight excluding hydrogens is 358 g/mol. The number of aromatic nitrogens is 2. The smallest absolute Gasteiger partial charge is 0.351 e. The minimum Gasteiger partial charge on any atom is -0.351 e. The summed E-state index contributed by atoms with van der Waals surface area (Å²) in [5.41, 5.74) is -0.773. The van der Waals surface area contributed by atoms with Crippen LogP contribution in [0, 0.1) is 5.92 Å². The minimum absolute atomic E-state index is 0.0145. The van der Waals surface area contributed by atoms with Crippen molar-refractivity contribution in [1.82, 2.24) is 15.1 Å². The zero-order chi connectivity index (χ0) is 17.2. The molecule has 1 aliphatic carbocycles. The molecule has 1 aromatic rings. The predicted octanol–water partition coefficient (Wildman–Crippen LogP) is 2.79. The first kappa shape index (κ1) is 18.1. The molecule has 1 aromatic heterocycles. The third-order valence-corrected chi connectivity index (χ3v) is 4.52. The van der Waals surface area contributed by atoms with Crippen LogP contribution in [0.5, 0.6) is 0 Å². The van der Waals surface area contributed by atoms with Crippen LogP contribution in [0.2, 0.25) is 10.0 Å². The molecule has 23 heavy (non-hydrogen) atoms. The maximum atomic E-state index is 13.0. The average molecular weight is 372 g/mol. The molecule has 2 rings (SSSR count). The molecule has 1 aliphatic rings. The van der Waals surface area contributed by atoms with E-state index in [1.54, 1.807) is 0 Å². The Labute approximate surface area is 139 Å². The fourth-order valence-corrected chi connectivity index (χ4v) is 2.91. The van der Waals surface area contributed by atoms with E-state index in [2.05, 4.69) is 10.4 Å². The van der Waals surface area contributed by atoms with Gasteiger partial charge in [-0.05, 0) is 12.8 Å². The quantitative estimate of drug-likeness (QED) is 0.888. The van der Waals surface area contributed by atoms with E-state index >= 15 is 0 Å². The monoisotopic (exact) mass is 371 g/mol. The van der Waals surface area contributed by atoms with Gasteiger partial charge >= 0.3 is 6.18 Å². The predicted molar refractivity (Wildman–Crippen MR) is 78.5 cm³/mol. The Morgan fingerprint density at radius 2 is 2.00 bits per heavy atom. The summed E-state index contributed by atoms with van der Waals surface area (Å²) in [6, 6.07) is -0.991. The van der Waals surface area contributed by atoms with Gasteiger partial charge in [-0.15, -0.1) is 0 Å². The second-order valence-corrected chi connectivity index (χ2v) is 6.16. The highest BCUT2D eigenvalue weighted by Gasteiger charge is 2.45. The van der Waals surface area contributed by atoms with Crippen molar-refractivity contribution in [3.63, 3.8) is 0 Å². The van der Waals surface area contributed by atoms with Crippen LogP contribution >= 0.6 is 23.2 Å². The summed E-state index contributed by atoms with van der Waals surface area (Å²) in [5.74, 6) is -2.29. The molecule has 1 amide bonds. The van der Waals surface area contributed by atoms with E-state index in [-0.39, 0.29) is 22.9 Å². The maximum absolute atomic E-state index is 13.0. The summed E-state index contributed by atoms with van der Waals surface area (Å²) >= 11 is 11.3. The summed E-state index contributed by atoms with van der Waals surface area (Å²) in [4.78, 5) is 23.7. The van der Waals surface area contributed by atoms with Crippen LogP contribution in [-0.2, 0) is 11.3 Å². The number of nitrogens with one attached hydrogen (secondary N) is 1. The van der Waals surface area contributed by atoms with Crippen molar-refractivity contribution >= 4 is 29.1 Å². The number of hydrogen-bond acceptors (Lipinski definition) is 3. The van der Waals surface area contributed by atoms with E-state index in [0.29, 0.717) is 12.8 Å². The lowest BCUT2D eigenvalue weighted by atomic mass is 9.84. The van der Waals surface area contributed by atoms with E-state index in [1.807, 2.05) is 0 Å². The molecule has 128 valence electrons. The van der Waals surface area contributed by atoms with Crippen LogP contribution in [0.15, 0.2) is 11.0 Å². The Kier molecular flexibility index (Phi) is 5.57. The molecule has 1 saturated carbocycles. The Morgan fingerprint density at radius 3 is 2.65 bits per heavy atom. The topological polar surface area (TPSA) is 64.0 Å². The van der Waals surface area contributed by atoms with Crippen molar-refractivity contribution in [2.24, 2.45) is 5.92 Å². The van der Waals surface area contributed by atoms with Crippen LogP contribution in [0.3, 0.4) is 0 Å². The molecule has 10 heteroatoms. The molecule has 0 unspecified atom stereocenters. The molecule has 0 aliphatic heterocycles. The summed E-state index contributed by atoms with van der Waals surface area (Å²) in [5, 5.41) is 5.65. The van der Waals surface area contributed by atoms with Crippen LogP contribution in [0.25, 0.3) is 0 Å². The molecule has 0 aromatic carbocycles. The number of carbonyl (C=O) groups excluding carboxylic acids is 1. The van der Waals surface area contributed by atoms with E-state index in [0.717, 1.165) is 10.9 Å². The molecule has 0 saturated heterocycles. The van der Waals surface area contributed by atoms with Crippen molar-refractivity contribution < 1.29 is 18.0 Å². The zero-order valence-corrected chi connectivity index (χ0v) is 13.4. The molecule has 1 heterocycles. The van der Waals surface area contributed by atoms with Crippen LogP contribution in [0.4, 0.5) is 13.2 Å². The number of carbonyl (C=O) groups is 1. The largest absolute Gasteiger partial charge is 0.393 e. The van der Waals surface area contributed by atoms with Gasteiger partial charge in [0.15, 0.2) is 0 Å². The number of halogens is 5. The SMILES string of the molecule is O=C(Cn1ncc(Cl)c(Cl)c1=O)N[C@H]1CCCC[C@@H]1C(F)(F)F. The first-order valence-corrected chi connectivity index (χ1v) is 7.73. The Morgan fingerprint density at radius 1 is 1.35 bits per heavy atom. The third kappa shape index (κ3) is 4.38. The number of rotatable bonds is 3. The van der Waals surface area contributed by atoms with Crippen molar-refractivity contribution in [3.05, 3.63) is 26.6 Å². The Balaban J connectivity index is 2.07. The normalized spacial score (nSPS) is 22.0.